The largest absolute Gasteiger partial charge is 0.493 e. The molecule has 1 atom stereocenters. The van der Waals surface area contributed by atoms with Gasteiger partial charge in [0, 0.05) is 25.2 Å². The summed E-state index contributed by atoms with van der Waals surface area (Å²) in [7, 11) is 3.11. The minimum atomic E-state index is -3.08. The Morgan fingerprint density at radius 2 is 1.90 bits per heavy atom. The molecule has 9 heteroatoms. The molecule has 3 rings (SSSR count). The van der Waals surface area contributed by atoms with Gasteiger partial charge in [-0.2, -0.15) is 8.78 Å². The van der Waals surface area contributed by atoms with Gasteiger partial charge < -0.3 is 19.5 Å². The maximum Gasteiger partial charge on any atom is 0.287 e. The summed E-state index contributed by atoms with van der Waals surface area (Å²) in [5.41, 5.74) is 1.50. The molecule has 0 fully saturated rings. The van der Waals surface area contributed by atoms with Crippen LogP contribution in [0.3, 0.4) is 0 Å². The summed E-state index contributed by atoms with van der Waals surface area (Å²) in [6.07, 6.45) is 5.82. The molecular formula is C21H23F2N3O3S. The molecule has 1 aliphatic rings. The summed E-state index contributed by atoms with van der Waals surface area (Å²) in [5, 5.41) is 10.6. The third kappa shape index (κ3) is 4.91. The highest BCUT2D eigenvalue weighted by molar-refractivity contribution is 7.98. The Labute approximate surface area is 178 Å². The molecule has 30 heavy (non-hydrogen) atoms. The van der Waals surface area contributed by atoms with Crippen LogP contribution < -0.4 is 9.47 Å². The minimum absolute atomic E-state index is 0.260. The van der Waals surface area contributed by atoms with Gasteiger partial charge in [0.05, 0.1) is 19.9 Å². The van der Waals surface area contributed by atoms with E-state index in [1.807, 2.05) is 12.1 Å². The van der Waals surface area contributed by atoms with E-state index < -0.39 is 12.2 Å². The molecule has 1 aromatic carbocycles. The smallest absolute Gasteiger partial charge is 0.287 e. The Kier molecular flexibility index (Phi) is 6.62. The lowest BCUT2D eigenvalue weighted by atomic mass is 10.1. The van der Waals surface area contributed by atoms with Gasteiger partial charge in [-0.3, -0.25) is 0 Å². The van der Waals surface area contributed by atoms with Gasteiger partial charge in [-0.1, -0.05) is 23.9 Å². The molecule has 2 heterocycles. The third-order valence-corrected chi connectivity index (χ3v) is 5.09. The van der Waals surface area contributed by atoms with Gasteiger partial charge in [-0.15, -0.1) is 0 Å². The van der Waals surface area contributed by atoms with E-state index in [9.17, 15) is 13.9 Å². The second kappa shape index (κ2) is 9.01. The van der Waals surface area contributed by atoms with Gasteiger partial charge >= 0.3 is 0 Å². The van der Waals surface area contributed by atoms with Gasteiger partial charge in [0.1, 0.15) is 11.9 Å². The van der Waals surface area contributed by atoms with Gasteiger partial charge in [0.25, 0.3) is 5.92 Å². The molecule has 2 aromatic rings. The van der Waals surface area contributed by atoms with Crippen LogP contribution in [0.1, 0.15) is 23.9 Å². The molecule has 6 nitrogen and oxygen atoms in total. The fourth-order valence-electron chi connectivity index (χ4n) is 2.97. The highest BCUT2D eigenvalue weighted by Gasteiger charge is 2.28. The van der Waals surface area contributed by atoms with Gasteiger partial charge in [-0.25, -0.2) is 9.97 Å². The molecule has 0 aliphatic carbocycles. The average Bonchev–Trinajstić information content (AvgIpc) is 2.74. The number of ether oxygens (including phenoxy) is 2. The predicted octanol–water partition coefficient (Wildman–Crippen LogP) is 4.06. The van der Waals surface area contributed by atoms with E-state index in [1.54, 1.807) is 49.8 Å². The van der Waals surface area contributed by atoms with Crippen molar-refractivity contribution in [3.63, 3.8) is 0 Å². The Hall–Kier alpha value is -2.65. The molecule has 160 valence electrons. The summed E-state index contributed by atoms with van der Waals surface area (Å²) in [4.78, 5) is 9.96. The average molecular weight is 435 g/mol. The number of hydrogen-bond donors (Lipinski definition) is 1. The number of methoxy groups -OCH3 is 2. The first-order valence-electron chi connectivity index (χ1n) is 9.11. The fourth-order valence-corrected chi connectivity index (χ4v) is 3.35. The van der Waals surface area contributed by atoms with Crippen LogP contribution in [0.25, 0.3) is 5.57 Å². The van der Waals surface area contributed by atoms with E-state index in [4.69, 9.17) is 9.47 Å². The quantitative estimate of drug-likeness (QED) is 0.520. The first kappa shape index (κ1) is 22.0. The summed E-state index contributed by atoms with van der Waals surface area (Å²) in [6.45, 7) is 1.17. The number of benzene rings is 1. The Balaban J connectivity index is 1.93. The van der Waals surface area contributed by atoms with Crippen LogP contribution >= 0.6 is 11.8 Å². The van der Waals surface area contributed by atoms with Crippen molar-refractivity contribution in [2.24, 2.45) is 0 Å². The number of rotatable bonds is 7. The molecular weight excluding hydrogens is 412 g/mol. The summed E-state index contributed by atoms with van der Waals surface area (Å²) < 4.78 is 38.3. The number of nitrogens with zero attached hydrogens (tertiary/aromatic N) is 3. The van der Waals surface area contributed by atoms with Crippen LogP contribution in [0.15, 0.2) is 47.8 Å². The highest BCUT2D eigenvalue weighted by Crippen LogP contribution is 2.32. The lowest BCUT2D eigenvalue weighted by molar-refractivity contribution is 0.0119. The Bertz CT molecular complexity index is 976. The third-order valence-electron chi connectivity index (χ3n) is 4.54. The zero-order chi connectivity index (χ0) is 21.9. The van der Waals surface area contributed by atoms with Crippen LogP contribution in [0, 0.1) is 0 Å². The number of halogens is 2. The van der Waals surface area contributed by atoms with Crippen molar-refractivity contribution >= 4 is 17.3 Å². The van der Waals surface area contributed by atoms with Crippen LogP contribution in [0.2, 0.25) is 0 Å². The number of aliphatic hydroxyl groups excluding tert-OH is 1. The normalized spacial score (nSPS) is 16.4. The maximum absolute atomic E-state index is 13.9. The van der Waals surface area contributed by atoms with Crippen molar-refractivity contribution < 1.29 is 23.4 Å². The van der Waals surface area contributed by atoms with Crippen LogP contribution in [0.5, 0.6) is 11.5 Å². The van der Waals surface area contributed by atoms with Crippen LogP contribution in [0.4, 0.5) is 8.78 Å². The van der Waals surface area contributed by atoms with Crippen molar-refractivity contribution in [3.8, 4) is 11.5 Å². The number of aliphatic hydroxyl groups is 1. The number of aromatic nitrogens is 2. The number of allylic oxidation sites excluding steroid dienone is 2. The van der Waals surface area contributed by atoms with Crippen LogP contribution in [-0.4, -0.2) is 46.7 Å². The van der Waals surface area contributed by atoms with Crippen molar-refractivity contribution in [2.45, 2.75) is 30.8 Å². The number of hydrogen-bond acceptors (Lipinski definition) is 7. The lowest BCUT2D eigenvalue weighted by Gasteiger charge is -2.28. The molecule has 0 saturated carbocycles. The topological polar surface area (TPSA) is 67.7 Å². The number of thioether (sulfide) groups is 1. The van der Waals surface area contributed by atoms with E-state index >= 15 is 0 Å². The van der Waals surface area contributed by atoms with E-state index in [2.05, 4.69) is 9.97 Å². The molecule has 0 radical (unpaired) electrons. The summed E-state index contributed by atoms with van der Waals surface area (Å²) in [6, 6.07) is 6.76. The fraction of sp³-hybridized carbons (Fsp3) is 0.333. The monoisotopic (exact) mass is 435 g/mol. The van der Waals surface area contributed by atoms with Crippen molar-refractivity contribution in [2.75, 3.05) is 20.5 Å². The van der Waals surface area contributed by atoms with Crippen LogP contribution in [-0.2, 0) is 12.5 Å². The van der Waals surface area contributed by atoms with E-state index in [0.717, 1.165) is 12.5 Å². The van der Waals surface area contributed by atoms with E-state index in [1.165, 1.54) is 17.8 Å². The highest BCUT2D eigenvalue weighted by atomic mass is 32.2. The van der Waals surface area contributed by atoms with Gasteiger partial charge in [0.2, 0.25) is 0 Å². The Morgan fingerprint density at radius 3 is 2.53 bits per heavy atom. The predicted molar refractivity (Wildman–Crippen MR) is 112 cm³/mol. The summed E-state index contributed by atoms with van der Waals surface area (Å²) in [5.74, 6) is -1.90. The second-order valence-electron chi connectivity index (χ2n) is 6.73. The van der Waals surface area contributed by atoms with E-state index in [0.29, 0.717) is 29.3 Å². The standard InChI is InChI=1S/C21H23F2N3O3S/c1-21(22,23)18-10-15(24-20(25-18)30-4)14-6-8-19(27)26(12-14)11-13-5-7-16(28-2)17(9-13)29-3/h5-10,12,19,27H,11H2,1-4H3. The summed E-state index contributed by atoms with van der Waals surface area (Å²) >= 11 is 1.19. The van der Waals surface area contributed by atoms with Crippen molar-refractivity contribution in [3.05, 3.63) is 59.6 Å². The molecule has 1 N–H and O–H groups in total. The van der Waals surface area contributed by atoms with Gasteiger partial charge in [0.15, 0.2) is 16.7 Å². The van der Waals surface area contributed by atoms with E-state index in [-0.39, 0.29) is 10.9 Å². The Morgan fingerprint density at radius 1 is 1.17 bits per heavy atom. The first-order chi connectivity index (χ1) is 14.2. The molecule has 1 unspecified atom stereocenters. The van der Waals surface area contributed by atoms with Gasteiger partial charge in [-0.05, 0) is 36.1 Å². The molecule has 0 spiro atoms. The zero-order valence-electron chi connectivity index (χ0n) is 17.1. The van der Waals surface area contributed by atoms with Crippen molar-refractivity contribution in [1.29, 1.82) is 0 Å². The maximum atomic E-state index is 13.9. The SMILES string of the molecule is COc1ccc(CN2C=C(c3cc(C(C)(F)F)nc(SC)n3)C=CC2O)cc1OC. The molecule has 0 bridgehead atoms. The van der Waals surface area contributed by atoms with Crippen molar-refractivity contribution in [1.82, 2.24) is 14.9 Å². The minimum Gasteiger partial charge on any atom is -0.493 e. The number of alkyl halides is 2. The second-order valence-corrected chi connectivity index (χ2v) is 7.51. The molecule has 1 aromatic heterocycles. The molecule has 0 saturated heterocycles. The first-order valence-corrected chi connectivity index (χ1v) is 10.3. The molecule has 1 aliphatic heterocycles. The zero-order valence-corrected chi connectivity index (χ0v) is 17.9. The molecule has 0 amide bonds. The lowest BCUT2D eigenvalue weighted by Crippen LogP contribution is -2.30.